The van der Waals surface area contributed by atoms with Gasteiger partial charge in [0, 0.05) is 35.7 Å². The summed E-state index contributed by atoms with van der Waals surface area (Å²) in [6.07, 6.45) is 12.4. The predicted molar refractivity (Wildman–Crippen MR) is 118 cm³/mol. The van der Waals surface area contributed by atoms with Crippen molar-refractivity contribution in [2.75, 3.05) is 0 Å². The molecule has 2 heterocycles. The molecular weight excluding hydrogens is 391 g/mol. The van der Waals surface area contributed by atoms with Gasteiger partial charge in [0.05, 0.1) is 23.6 Å². The molecule has 0 aliphatic heterocycles. The van der Waals surface area contributed by atoms with Gasteiger partial charge in [0.1, 0.15) is 11.6 Å². The van der Waals surface area contributed by atoms with E-state index >= 15 is 0 Å². The van der Waals surface area contributed by atoms with Crippen LogP contribution in [0.5, 0.6) is 0 Å². The molecule has 5 nitrogen and oxygen atoms in total. The molecule has 3 aromatic rings. The number of allylic oxidation sites excluding steroid dienone is 1. The van der Waals surface area contributed by atoms with E-state index in [0.717, 1.165) is 42.5 Å². The van der Waals surface area contributed by atoms with E-state index in [-0.39, 0.29) is 11.9 Å². The van der Waals surface area contributed by atoms with Crippen LogP contribution in [-0.4, -0.2) is 25.8 Å². The second-order valence-electron chi connectivity index (χ2n) is 8.53. The second-order valence-corrected chi connectivity index (χ2v) is 8.53. The van der Waals surface area contributed by atoms with Crippen LogP contribution in [0.2, 0.25) is 0 Å². The van der Waals surface area contributed by atoms with Crippen LogP contribution in [-0.2, 0) is 11.2 Å². The van der Waals surface area contributed by atoms with E-state index < -0.39 is 0 Å². The number of rotatable bonds is 6. The summed E-state index contributed by atoms with van der Waals surface area (Å²) >= 11 is 0. The van der Waals surface area contributed by atoms with Gasteiger partial charge in [0.15, 0.2) is 0 Å². The monoisotopic (exact) mass is 416 g/mol. The number of hydrogen-bond acceptors (Lipinski definition) is 4. The summed E-state index contributed by atoms with van der Waals surface area (Å²) in [5.41, 5.74) is 4.63. The molecular formula is C25H25FN4O. The maximum Gasteiger partial charge on any atom is 0.140 e. The first-order chi connectivity index (χ1) is 15.1. The maximum absolute atomic E-state index is 14.9. The van der Waals surface area contributed by atoms with Crippen LogP contribution in [0.3, 0.4) is 0 Å². The quantitative estimate of drug-likeness (QED) is 0.538. The van der Waals surface area contributed by atoms with Gasteiger partial charge in [-0.05, 0) is 55.4 Å². The molecule has 0 unspecified atom stereocenters. The lowest BCUT2D eigenvalue weighted by molar-refractivity contribution is -0.119. The molecule has 31 heavy (non-hydrogen) atoms. The lowest BCUT2D eigenvalue weighted by Gasteiger charge is -2.14. The Morgan fingerprint density at radius 2 is 2.10 bits per heavy atom. The normalized spacial score (nSPS) is 19.7. The Morgan fingerprint density at radius 1 is 1.19 bits per heavy atom. The molecule has 1 aromatic carbocycles. The summed E-state index contributed by atoms with van der Waals surface area (Å²) in [5, 5.41) is 8.46. The first kappa shape index (κ1) is 19.8. The van der Waals surface area contributed by atoms with E-state index in [1.165, 1.54) is 0 Å². The van der Waals surface area contributed by atoms with E-state index in [4.69, 9.17) is 0 Å². The molecule has 0 N–H and O–H groups in total. The lowest BCUT2D eigenvalue weighted by atomic mass is 9.99. The number of hydrogen-bond donors (Lipinski definition) is 0. The molecule has 1 saturated carbocycles. The van der Waals surface area contributed by atoms with E-state index in [2.05, 4.69) is 15.3 Å². The third-order valence-electron chi connectivity index (χ3n) is 6.57. The number of nitrogens with zero attached hydrogens (tertiary/aromatic N) is 4. The fraction of sp³-hybridized carbons (Fsp3) is 0.360. The summed E-state index contributed by atoms with van der Waals surface area (Å²) in [5.74, 6) is 0.544. The molecule has 0 spiro atoms. The molecule has 0 bridgehead atoms. The van der Waals surface area contributed by atoms with Crippen molar-refractivity contribution in [1.29, 1.82) is 0 Å². The van der Waals surface area contributed by atoms with Crippen molar-refractivity contribution in [2.45, 2.75) is 51.5 Å². The van der Waals surface area contributed by atoms with Gasteiger partial charge in [0.2, 0.25) is 0 Å². The van der Waals surface area contributed by atoms with Crippen LogP contribution in [0.4, 0.5) is 4.39 Å². The second kappa shape index (κ2) is 8.17. The maximum atomic E-state index is 14.9. The smallest absolute Gasteiger partial charge is 0.140 e. The molecule has 2 aliphatic carbocycles. The Labute approximate surface area is 181 Å². The minimum Gasteiger partial charge on any atom is -0.300 e. The van der Waals surface area contributed by atoms with Crippen molar-refractivity contribution < 1.29 is 9.18 Å². The van der Waals surface area contributed by atoms with Crippen LogP contribution in [0, 0.1) is 11.7 Å². The minimum absolute atomic E-state index is 0.211. The first-order valence-electron chi connectivity index (χ1n) is 11.0. The van der Waals surface area contributed by atoms with Gasteiger partial charge in [0.25, 0.3) is 0 Å². The summed E-state index contributed by atoms with van der Waals surface area (Å²) in [6, 6.07) is 7.83. The zero-order chi connectivity index (χ0) is 21.4. The number of benzene rings is 1. The van der Waals surface area contributed by atoms with Gasteiger partial charge in [-0.3, -0.25) is 9.78 Å². The number of pyridine rings is 1. The summed E-state index contributed by atoms with van der Waals surface area (Å²) in [4.78, 5) is 16.4. The Morgan fingerprint density at radius 3 is 2.90 bits per heavy atom. The van der Waals surface area contributed by atoms with E-state index in [1.807, 2.05) is 48.0 Å². The van der Waals surface area contributed by atoms with Crippen molar-refractivity contribution in [3.05, 3.63) is 59.7 Å². The molecule has 5 rings (SSSR count). The number of Topliss-reactive ketones (excluding diaryl/α,β-unsaturated/α-hetero) is 1. The average molecular weight is 417 g/mol. The zero-order valence-corrected chi connectivity index (χ0v) is 17.6. The Kier molecular flexibility index (Phi) is 5.22. The van der Waals surface area contributed by atoms with Gasteiger partial charge < -0.3 is 0 Å². The standard InChI is InChI=1S/C25H25FN4O/c1-2-20(31)13-16-6-9-19(12-16)30-24(15-28-29-30)18-8-11-23(27-14-18)22-10-7-17-4-3-5-21(17)25(22)26/h3,5,7-8,10-11,14-16,19H,2,4,6,9,12-13H2,1H3/t16-,19+/m0/s1. The minimum atomic E-state index is -0.211. The molecule has 0 amide bonds. The largest absolute Gasteiger partial charge is 0.300 e. The Balaban J connectivity index is 1.37. The molecule has 1 fully saturated rings. The predicted octanol–water partition coefficient (Wildman–Crippen LogP) is 5.43. The fourth-order valence-corrected chi connectivity index (χ4v) is 4.84. The van der Waals surface area contributed by atoms with Gasteiger partial charge in [-0.25, -0.2) is 9.07 Å². The molecule has 6 heteroatoms. The number of aromatic nitrogens is 4. The first-order valence-corrected chi connectivity index (χ1v) is 11.0. The van der Waals surface area contributed by atoms with Crippen molar-refractivity contribution in [3.63, 3.8) is 0 Å². The molecule has 0 radical (unpaired) electrons. The molecule has 158 valence electrons. The SMILES string of the molecule is CCC(=O)C[C@H]1CC[C@@H](n2nncc2-c2ccc(-c3ccc4c(c3F)C=CC4)nc2)C1. The molecule has 2 atom stereocenters. The number of fused-ring (bicyclic) bond motifs is 1. The Bertz CT molecular complexity index is 1150. The summed E-state index contributed by atoms with van der Waals surface area (Å²) in [7, 11) is 0. The fourth-order valence-electron chi connectivity index (χ4n) is 4.84. The van der Waals surface area contributed by atoms with Crippen LogP contribution >= 0.6 is 0 Å². The number of carbonyl (C=O) groups is 1. The van der Waals surface area contributed by atoms with E-state index in [9.17, 15) is 9.18 Å². The van der Waals surface area contributed by atoms with Gasteiger partial charge in [-0.2, -0.15) is 0 Å². The molecule has 2 aliphatic rings. The van der Waals surface area contributed by atoms with Crippen LogP contribution in [0.1, 0.15) is 56.2 Å². The number of halogens is 1. The average Bonchev–Trinajstić information content (AvgIpc) is 3.54. The third-order valence-corrected chi connectivity index (χ3v) is 6.57. The van der Waals surface area contributed by atoms with E-state index in [1.54, 1.807) is 12.4 Å². The molecule has 0 saturated heterocycles. The summed E-state index contributed by atoms with van der Waals surface area (Å²) < 4.78 is 16.9. The van der Waals surface area contributed by atoms with E-state index in [0.29, 0.717) is 41.4 Å². The van der Waals surface area contributed by atoms with Crippen LogP contribution in [0.25, 0.3) is 28.6 Å². The van der Waals surface area contributed by atoms with Gasteiger partial charge in [-0.1, -0.05) is 30.4 Å². The zero-order valence-electron chi connectivity index (χ0n) is 17.6. The van der Waals surface area contributed by atoms with Crippen LogP contribution < -0.4 is 0 Å². The molecule has 2 aromatic heterocycles. The van der Waals surface area contributed by atoms with Crippen LogP contribution in [0.15, 0.2) is 42.7 Å². The highest BCUT2D eigenvalue weighted by Gasteiger charge is 2.29. The lowest BCUT2D eigenvalue weighted by Crippen LogP contribution is -2.10. The Hall–Kier alpha value is -3.15. The highest BCUT2D eigenvalue weighted by molar-refractivity contribution is 5.78. The van der Waals surface area contributed by atoms with Crippen molar-refractivity contribution in [1.82, 2.24) is 20.0 Å². The number of carbonyl (C=O) groups excluding carboxylic acids is 1. The summed E-state index contributed by atoms with van der Waals surface area (Å²) in [6.45, 7) is 1.92. The van der Waals surface area contributed by atoms with Crippen molar-refractivity contribution in [3.8, 4) is 22.5 Å². The van der Waals surface area contributed by atoms with Crippen molar-refractivity contribution in [2.24, 2.45) is 5.92 Å². The highest BCUT2D eigenvalue weighted by atomic mass is 19.1. The van der Waals surface area contributed by atoms with Gasteiger partial charge in [-0.15, -0.1) is 5.10 Å². The van der Waals surface area contributed by atoms with Gasteiger partial charge >= 0.3 is 0 Å². The third kappa shape index (κ3) is 3.71. The highest BCUT2D eigenvalue weighted by Crippen LogP contribution is 2.38. The van der Waals surface area contributed by atoms with Crippen molar-refractivity contribution >= 4 is 11.9 Å². The number of ketones is 1. The topological polar surface area (TPSA) is 60.7 Å².